The fraction of sp³-hybridized carbons (Fsp3) is 0.500. The Hall–Kier alpha value is -1.84. The number of hydrogen-bond donors (Lipinski definition) is 0. The van der Waals surface area contributed by atoms with Crippen LogP contribution in [0.3, 0.4) is 0 Å². The van der Waals surface area contributed by atoms with E-state index in [1.165, 1.54) is 18.9 Å². The smallest absolute Gasteiger partial charge is 0.338 e. The zero-order chi connectivity index (χ0) is 14.4. The predicted octanol–water partition coefficient (Wildman–Crippen LogP) is 3.21. The normalized spacial score (nSPS) is 15.1. The van der Waals surface area contributed by atoms with Gasteiger partial charge >= 0.3 is 11.9 Å². The van der Waals surface area contributed by atoms with E-state index in [1.54, 1.807) is 25.1 Å². The van der Waals surface area contributed by atoms with Crippen LogP contribution < -0.4 is 0 Å². The van der Waals surface area contributed by atoms with Gasteiger partial charge in [0.15, 0.2) is 0 Å². The summed E-state index contributed by atoms with van der Waals surface area (Å²) in [5.74, 6) is -0.298. The zero-order valence-electron chi connectivity index (χ0n) is 11.8. The molecule has 0 amide bonds. The molecule has 1 aliphatic carbocycles. The van der Waals surface area contributed by atoms with Gasteiger partial charge in [-0.25, -0.2) is 9.59 Å². The van der Waals surface area contributed by atoms with E-state index in [-0.39, 0.29) is 5.97 Å². The number of carbonyl (C=O) groups excluding carboxylic acids is 2. The Morgan fingerprint density at radius 3 is 2.30 bits per heavy atom. The van der Waals surface area contributed by atoms with Gasteiger partial charge in [0.25, 0.3) is 0 Å². The van der Waals surface area contributed by atoms with Crippen LogP contribution in [0, 0.1) is 5.92 Å². The predicted molar refractivity (Wildman–Crippen MR) is 74.6 cm³/mol. The Morgan fingerprint density at radius 2 is 1.70 bits per heavy atom. The second-order valence-corrected chi connectivity index (χ2v) is 5.05. The van der Waals surface area contributed by atoms with E-state index in [2.05, 4.69) is 0 Å². The van der Waals surface area contributed by atoms with Gasteiger partial charge in [-0.2, -0.15) is 0 Å². The van der Waals surface area contributed by atoms with Crippen molar-refractivity contribution in [2.45, 2.75) is 32.6 Å². The molecule has 4 heteroatoms. The molecule has 4 nitrogen and oxygen atoms in total. The van der Waals surface area contributed by atoms with Crippen molar-refractivity contribution in [2.75, 3.05) is 13.2 Å². The summed E-state index contributed by atoms with van der Waals surface area (Å²) in [5.41, 5.74) is 0.774. The van der Waals surface area contributed by atoms with Crippen LogP contribution in [0.2, 0.25) is 0 Å². The van der Waals surface area contributed by atoms with Gasteiger partial charge in [-0.15, -0.1) is 0 Å². The summed E-state index contributed by atoms with van der Waals surface area (Å²) in [5, 5.41) is 0. The van der Waals surface area contributed by atoms with Crippen LogP contribution in [-0.2, 0) is 9.47 Å². The van der Waals surface area contributed by atoms with Gasteiger partial charge in [-0.05, 0) is 43.9 Å². The Balaban J connectivity index is 1.95. The lowest BCUT2D eigenvalue weighted by atomic mass is 10.1. The van der Waals surface area contributed by atoms with E-state index in [0.29, 0.717) is 30.3 Å². The molecule has 0 radical (unpaired) electrons. The number of hydrogen-bond acceptors (Lipinski definition) is 4. The largest absolute Gasteiger partial charge is 0.462 e. The minimum atomic E-state index is -0.419. The lowest BCUT2D eigenvalue weighted by molar-refractivity contribution is 0.0442. The summed E-state index contributed by atoms with van der Waals surface area (Å²) in [4.78, 5) is 23.6. The molecule has 1 aliphatic rings. The molecule has 0 saturated heterocycles. The monoisotopic (exact) mass is 276 g/mol. The van der Waals surface area contributed by atoms with E-state index in [0.717, 1.165) is 12.8 Å². The molecule has 0 spiro atoms. The summed E-state index contributed by atoms with van der Waals surface area (Å²) in [6.45, 7) is 2.54. The molecule has 1 saturated carbocycles. The van der Waals surface area contributed by atoms with Crippen molar-refractivity contribution in [1.82, 2.24) is 0 Å². The zero-order valence-corrected chi connectivity index (χ0v) is 11.8. The van der Waals surface area contributed by atoms with Gasteiger partial charge in [-0.1, -0.05) is 18.9 Å². The Bertz CT molecular complexity index is 475. The van der Waals surface area contributed by atoms with Crippen molar-refractivity contribution >= 4 is 11.9 Å². The topological polar surface area (TPSA) is 52.6 Å². The molecular weight excluding hydrogens is 256 g/mol. The summed E-state index contributed by atoms with van der Waals surface area (Å²) < 4.78 is 10.2. The first kappa shape index (κ1) is 14.6. The van der Waals surface area contributed by atoms with E-state index >= 15 is 0 Å². The van der Waals surface area contributed by atoms with Gasteiger partial charge in [0.1, 0.15) is 0 Å². The molecule has 0 atom stereocenters. The van der Waals surface area contributed by atoms with Crippen molar-refractivity contribution in [3.63, 3.8) is 0 Å². The third-order valence-electron chi connectivity index (χ3n) is 3.53. The molecule has 1 aromatic rings. The summed E-state index contributed by atoms with van der Waals surface area (Å²) >= 11 is 0. The molecule has 2 rings (SSSR count). The molecule has 20 heavy (non-hydrogen) atoms. The van der Waals surface area contributed by atoms with E-state index in [4.69, 9.17) is 9.47 Å². The number of benzene rings is 1. The summed E-state index contributed by atoms with van der Waals surface area (Å²) in [6, 6.07) is 6.47. The second kappa shape index (κ2) is 7.08. The molecule has 0 aromatic heterocycles. The highest BCUT2D eigenvalue weighted by Gasteiger charge is 2.18. The highest BCUT2D eigenvalue weighted by Crippen LogP contribution is 2.25. The number of rotatable bonds is 5. The first-order valence-corrected chi connectivity index (χ1v) is 7.15. The van der Waals surface area contributed by atoms with E-state index in [9.17, 15) is 9.59 Å². The van der Waals surface area contributed by atoms with Crippen LogP contribution in [0.1, 0.15) is 53.3 Å². The Kier molecular flexibility index (Phi) is 5.16. The van der Waals surface area contributed by atoms with Gasteiger partial charge in [-0.3, -0.25) is 0 Å². The minimum absolute atomic E-state index is 0.315. The lowest BCUT2D eigenvalue weighted by Crippen LogP contribution is -2.13. The molecule has 0 heterocycles. The van der Waals surface area contributed by atoms with Crippen molar-refractivity contribution in [2.24, 2.45) is 5.92 Å². The Morgan fingerprint density at radius 1 is 1.10 bits per heavy atom. The summed E-state index contributed by atoms with van der Waals surface area (Å²) in [6.07, 6.45) is 4.72. The second-order valence-electron chi connectivity index (χ2n) is 5.05. The molecular formula is C16H20O4. The standard InChI is InChI=1S/C16H20O4/c1-2-19-15(17)13-8-5-9-14(10-13)16(18)20-11-12-6-3-4-7-12/h5,8-10,12H,2-4,6-7,11H2,1H3. The van der Waals surface area contributed by atoms with Crippen molar-refractivity contribution < 1.29 is 19.1 Å². The van der Waals surface area contributed by atoms with Crippen LogP contribution >= 0.6 is 0 Å². The van der Waals surface area contributed by atoms with Crippen molar-refractivity contribution in [1.29, 1.82) is 0 Å². The van der Waals surface area contributed by atoms with Crippen molar-refractivity contribution in [3.05, 3.63) is 35.4 Å². The lowest BCUT2D eigenvalue weighted by Gasteiger charge is -2.10. The fourth-order valence-electron chi connectivity index (χ4n) is 2.44. The van der Waals surface area contributed by atoms with Crippen molar-refractivity contribution in [3.8, 4) is 0 Å². The SMILES string of the molecule is CCOC(=O)c1cccc(C(=O)OCC2CCCC2)c1. The molecule has 1 aromatic carbocycles. The quantitative estimate of drug-likeness (QED) is 0.775. The third kappa shape index (κ3) is 3.83. The molecule has 0 bridgehead atoms. The third-order valence-corrected chi connectivity index (χ3v) is 3.53. The maximum atomic E-state index is 12.0. The average molecular weight is 276 g/mol. The highest BCUT2D eigenvalue weighted by molar-refractivity contribution is 5.95. The molecule has 0 aliphatic heterocycles. The van der Waals surface area contributed by atoms with E-state index in [1.807, 2.05) is 0 Å². The number of esters is 2. The summed E-state index contributed by atoms with van der Waals surface area (Å²) in [7, 11) is 0. The number of ether oxygens (including phenoxy) is 2. The molecule has 108 valence electrons. The minimum Gasteiger partial charge on any atom is -0.462 e. The van der Waals surface area contributed by atoms with Crippen LogP contribution in [0.15, 0.2) is 24.3 Å². The average Bonchev–Trinajstić information content (AvgIpc) is 2.98. The van der Waals surface area contributed by atoms with Crippen LogP contribution in [-0.4, -0.2) is 25.2 Å². The molecule has 0 N–H and O–H groups in total. The fourth-order valence-corrected chi connectivity index (χ4v) is 2.44. The molecule has 1 fully saturated rings. The Labute approximate surface area is 119 Å². The van der Waals surface area contributed by atoms with Gasteiger partial charge in [0, 0.05) is 0 Å². The van der Waals surface area contributed by atoms with E-state index < -0.39 is 5.97 Å². The van der Waals surface area contributed by atoms with Crippen LogP contribution in [0.4, 0.5) is 0 Å². The van der Waals surface area contributed by atoms with Gasteiger partial charge in [0.2, 0.25) is 0 Å². The van der Waals surface area contributed by atoms with Crippen LogP contribution in [0.25, 0.3) is 0 Å². The maximum Gasteiger partial charge on any atom is 0.338 e. The first-order valence-electron chi connectivity index (χ1n) is 7.15. The van der Waals surface area contributed by atoms with Gasteiger partial charge < -0.3 is 9.47 Å². The van der Waals surface area contributed by atoms with Gasteiger partial charge in [0.05, 0.1) is 24.3 Å². The maximum absolute atomic E-state index is 12.0. The number of carbonyl (C=O) groups is 2. The highest BCUT2D eigenvalue weighted by atomic mass is 16.5. The van der Waals surface area contributed by atoms with Crippen LogP contribution in [0.5, 0.6) is 0 Å². The first-order chi connectivity index (χ1) is 9.70. The molecule has 0 unspecified atom stereocenters.